The highest BCUT2D eigenvalue weighted by Gasteiger charge is 2.50. The average Bonchev–Trinajstić information content (AvgIpc) is 3.39. The van der Waals surface area contributed by atoms with Gasteiger partial charge in [-0.25, -0.2) is 32.4 Å². The monoisotopic (exact) mass is 802 g/mol. The van der Waals surface area contributed by atoms with Gasteiger partial charge in [0.2, 0.25) is 5.95 Å². The Balaban J connectivity index is 1.31. The fraction of sp³-hybridized carbons (Fsp3) is 0.615. The molecule has 2 aromatic heterocycles. The summed E-state index contributed by atoms with van der Waals surface area (Å²) in [6, 6.07) is 0. The van der Waals surface area contributed by atoms with Crippen LogP contribution in [-0.4, -0.2) is 92.0 Å². The van der Waals surface area contributed by atoms with Crippen LogP contribution in [0.2, 0.25) is 0 Å². The standard InChI is InChI=1S/C13H24N6O22P6/c14-13-17-11-10(12(21)18-13)16-5-19(11)9-1-7(20)8(35-9)4-34-42(22,23)37-44(26,27)39-46(30,31)41-47(32,33)40-45(28,29)38-43(24,25)36-6-2-15-3-6/h5-9,15,20H,1-4H2,(H,22,23)(H,24,25)(H,26,27)(H,28,29)(H,30,31)(H,32,33)(H3,14,17,18,21)/t7?,8-,9-/m1/s1. The minimum atomic E-state index is -6.43. The molecular weight excluding hydrogens is 778 g/mol. The van der Waals surface area contributed by atoms with Gasteiger partial charge in [0.1, 0.15) is 12.3 Å². The van der Waals surface area contributed by atoms with Gasteiger partial charge in [-0.1, -0.05) is 0 Å². The lowest BCUT2D eigenvalue weighted by Gasteiger charge is -2.28. The summed E-state index contributed by atoms with van der Waals surface area (Å²) in [5.41, 5.74) is 4.64. The van der Waals surface area contributed by atoms with Crippen LogP contribution in [0, 0.1) is 0 Å². The van der Waals surface area contributed by atoms with Crippen LogP contribution in [0.15, 0.2) is 11.1 Å². The number of fused-ring (bicyclic) bond motifs is 1. The summed E-state index contributed by atoms with van der Waals surface area (Å²) >= 11 is 0. The summed E-state index contributed by atoms with van der Waals surface area (Å²) in [7, 11) is -36.4. The second-order valence-corrected chi connectivity index (χ2v) is 18.5. The highest BCUT2D eigenvalue weighted by molar-refractivity contribution is 7.72. The molecule has 4 heterocycles. The van der Waals surface area contributed by atoms with Gasteiger partial charge in [-0.15, -0.1) is 0 Å². The highest BCUT2D eigenvalue weighted by Crippen LogP contribution is 2.75. The number of aromatic nitrogens is 4. The van der Waals surface area contributed by atoms with Gasteiger partial charge in [0, 0.05) is 19.5 Å². The van der Waals surface area contributed by atoms with Crippen molar-refractivity contribution in [2.75, 3.05) is 25.4 Å². The van der Waals surface area contributed by atoms with Crippen LogP contribution < -0.4 is 16.6 Å². The summed E-state index contributed by atoms with van der Waals surface area (Å²) in [4.78, 5) is 79.4. The van der Waals surface area contributed by atoms with E-state index in [-0.39, 0.29) is 36.6 Å². The van der Waals surface area contributed by atoms with Gasteiger partial charge in [-0.3, -0.25) is 23.4 Å². The number of nitrogens with two attached hydrogens (primary N) is 1. The molecule has 268 valence electrons. The first-order chi connectivity index (χ1) is 21.4. The molecule has 2 saturated heterocycles. The summed E-state index contributed by atoms with van der Waals surface area (Å²) < 4.78 is 106. The van der Waals surface area contributed by atoms with E-state index in [9.17, 15) is 66.7 Å². The molecule has 0 aliphatic carbocycles. The maximum atomic E-state index is 12.2. The maximum absolute atomic E-state index is 12.2. The van der Waals surface area contributed by atoms with Crippen molar-refractivity contribution in [3.05, 3.63) is 16.7 Å². The Kier molecular flexibility index (Phi) is 11.4. The van der Waals surface area contributed by atoms with Crippen molar-refractivity contribution in [1.29, 1.82) is 0 Å². The molecule has 2 fully saturated rings. The topological polar surface area (TPSA) is 419 Å². The van der Waals surface area contributed by atoms with E-state index in [1.807, 2.05) is 0 Å². The first-order valence-electron chi connectivity index (χ1n) is 12.0. The van der Waals surface area contributed by atoms with Crippen LogP contribution in [0.5, 0.6) is 0 Å². The van der Waals surface area contributed by atoms with Crippen LogP contribution in [-0.2, 0) is 62.7 Å². The zero-order valence-electron chi connectivity index (χ0n) is 22.6. The van der Waals surface area contributed by atoms with E-state index in [1.165, 1.54) is 4.57 Å². The lowest BCUT2D eigenvalue weighted by atomic mass is 10.2. The molecule has 9 atom stereocenters. The maximum Gasteiger partial charge on any atom is 0.490 e. The van der Waals surface area contributed by atoms with Gasteiger partial charge in [0.25, 0.3) is 5.56 Å². The van der Waals surface area contributed by atoms with Crippen LogP contribution >= 0.6 is 46.9 Å². The molecule has 47 heavy (non-hydrogen) atoms. The number of ether oxygens (including phenoxy) is 1. The summed E-state index contributed by atoms with van der Waals surface area (Å²) in [6.07, 6.45) is -4.06. The number of H-pyrrole nitrogens is 1. The minimum Gasteiger partial charge on any atom is -0.390 e. The van der Waals surface area contributed by atoms with Gasteiger partial charge >= 0.3 is 46.9 Å². The first kappa shape index (κ1) is 38.7. The molecular formula is C13H24N6O22P6. The number of hydrogen-bond donors (Lipinski definition) is 10. The number of aromatic amines is 1. The molecule has 2 aliphatic rings. The summed E-state index contributed by atoms with van der Waals surface area (Å²) in [6.45, 7) is -1.01. The number of imidazole rings is 1. The molecule has 11 N–H and O–H groups in total. The van der Waals surface area contributed by atoms with Gasteiger partial charge in [0.15, 0.2) is 11.2 Å². The molecule has 0 radical (unpaired) electrons. The second-order valence-electron chi connectivity index (χ2n) is 9.11. The normalized spacial score (nSPS) is 28.3. The molecule has 2 aliphatic heterocycles. The van der Waals surface area contributed by atoms with Crippen LogP contribution in [0.1, 0.15) is 12.6 Å². The first-order valence-corrected chi connectivity index (χ1v) is 21.0. The van der Waals surface area contributed by atoms with Crippen LogP contribution in [0.3, 0.4) is 0 Å². The third-order valence-electron chi connectivity index (χ3n) is 5.43. The molecule has 34 heteroatoms. The van der Waals surface area contributed by atoms with E-state index in [0.29, 0.717) is 0 Å². The molecule has 28 nitrogen and oxygen atoms in total. The number of rotatable bonds is 16. The summed E-state index contributed by atoms with van der Waals surface area (Å²) in [5.74, 6) is -0.271. The van der Waals surface area contributed by atoms with E-state index >= 15 is 0 Å². The van der Waals surface area contributed by atoms with Crippen molar-refractivity contribution in [2.45, 2.75) is 31.0 Å². The molecule has 0 amide bonds. The third kappa shape index (κ3) is 10.9. The number of aliphatic hydroxyl groups is 1. The number of nitrogen functional groups attached to an aromatic ring is 1. The van der Waals surface area contributed by atoms with Gasteiger partial charge < -0.3 is 50.3 Å². The van der Waals surface area contributed by atoms with Gasteiger partial charge in [-0.05, 0) is 0 Å². The Hall–Kier alpha value is -1.11. The molecule has 0 saturated carbocycles. The lowest BCUT2D eigenvalue weighted by molar-refractivity contribution is -0.0423. The van der Waals surface area contributed by atoms with Crippen LogP contribution in [0.4, 0.5) is 5.95 Å². The number of phosphoric ester groups is 2. The largest absolute Gasteiger partial charge is 0.490 e. The Morgan fingerprint density at radius 2 is 1.38 bits per heavy atom. The quantitative estimate of drug-likeness (QED) is 0.0914. The van der Waals surface area contributed by atoms with Gasteiger partial charge in [-0.2, -0.15) is 26.5 Å². The number of aliphatic hydroxyl groups excluding tert-OH is 1. The van der Waals surface area contributed by atoms with Crippen molar-refractivity contribution < 1.29 is 97.2 Å². The average molecular weight is 802 g/mol. The fourth-order valence-electron chi connectivity index (χ4n) is 3.64. The Labute approximate surface area is 259 Å². The van der Waals surface area contributed by atoms with E-state index < -0.39 is 83.6 Å². The van der Waals surface area contributed by atoms with Crippen molar-refractivity contribution in [2.24, 2.45) is 0 Å². The molecule has 0 aromatic carbocycles. The van der Waals surface area contributed by atoms with Crippen LogP contribution in [0.25, 0.3) is 11.2 Å². The fourth-order valence-corrected chi connectivity index (χ4v) is 11.6. The Morgan fingerprint density at radius 3 is 1.89 bits per heavy atom. The van der Waals surface area contributed by atoms with E-state index in [2.05, 4.69) is 50.9 Å². The van der Waals surface area contributed by atoms with Crippen molar-refractivity contribution in [3.63, 3.8) is 0 Å². The van der Waals surface area contributed by atoms with E-state index in [1.54, 1.807) is 0 Å². The van der Waals surface area contributed by atoms with Crippen molar-refractivity contribution in [3.8, 4) is 0 Å². The molecule has 4 rings (SSSR count). The minimum absolute atomic E-state index is 0.0191. The zero-order valence-corrected chi connectivity index (χ0v) is 27.9. The summed E-state index contributed by atoms with van der Waals surface area (Å²) in [5, 5.41) is 12.9. The number of anilines is 1. The number of hydrogen-bond acceptors (Lipinski definition) is 20. The van der Waals surface area contributed by atoms with Crippen molar-refractivity contribution >= 4 is 64.0 Å². The molecule has 7 unspecified atom stereocenters. The number of phosphoric acid groups is 6. The highest BCUT2D eigenvalue weighted by atomic mass is 31.3. The molecule has 0 spiro atoms. The SMILES string of the molecule is Nc1nc2c(ncn2[C@H]2CC(O)[C@@H](COP(=O)(O)OP(=O)(O)OP(=O)(O)OP(=O)(O)OP(=O)(O)OP(=O)(O)OC3CNC3)O2)c(=O)[nH]1. The van der Waals surface area contributed by atoms with Gasteiger partial charge in [0.05, 0.1) is 25.1 Å². The van der Waals surface area contributed by atoms with E-state index in [4.69, 9.17) is 10.5 Å². The second kappa shape index (κ2) is 13.9. The predicted molar refractivity (Wildman–Crippen MR) is 145 cm³/mol. The number of nitrogens with zero attached hydrogens (tertiary/aromatic N) is 3. The smallest absolute Gasteiger partial charge is 0.390 e. The molecule has 2 aromatic rings. The third-order valence-corrected chi connectivity index (χ3v) is 14.7. The molecule has 0 bridgehead atoms. The zero-order chi connectivity index (χ0) is 35.2. The predicted octanol–water partition coefficient (Wildman–Crippen LogP) is -0.959. The van der Waals surface area contributed by atoms with E-state index in [0.717, 1.165) is 6.33 Å². The lowest BCUT2D eigenvalue weighted by Crippen LogP contribution is -2.47. The Bertz CT molecular complexity index is 1840. The Morgan fingerprint density at radius 1 is 0.872 bits per heavy atom. The number of nitrogens with one attached hydrogen (secondary N) is 2. The van der Waals surface area contributed by atoms with Crippen molar-refractivity contribution in [1.82, 2.24) is 24.8 Å².